The molecule has 2 saturated heterocycles. The number of nitrogens with one attached hydrogen (secondary N) is 1. The van der Waals surface area contributed by atoms with Crippen molar-refractivity contribution in [3.8, 4) is 11.1 Å². The highest BCUT2D eigenvalue weighted by atomic mass is 79.9. The Bertz CT molecular complexity index is 3390. The zero-order chi connectivity index (χ0) is 52.8. The van der Waals surface area contributed by atoms with Crippen molar-refractivity contribution in [2.75, 3.05) is 66.0 Å². The Morgan fingerprint density at radius 1 is 0.733 bits per heavy atom. The topological polar surface area (TPSA) is 147 Å². The molecule has 15 nitrogen and oxygen atoms in total. The van der Waals surface area contributed by atoms with Crippen LogP contribution in [0.2, 0.25) is 0 Å². The van der Waals surface area contributed by atoms with E-state index in [0.29, 0.717) is 89.3 Å². The smallest absolute Gasteiger partial charge is 0.274 e. The number of aromatic nitrogens is 4. The van der Waals surface area contributed by atoms with Crippen molar-refractivity contribution < 1.29 is 32.7 Å². The van der Waals surface area contributed by atoms with Gasteiger partial charge in [-0.2, -0.15) is 0 Å². The third-order valence-electron chi connectivity index (χ3n) is 15.9. The Balaban J connectivity index is 0.000000201. The molecule has 6 aliphatic rings. The van der Waals surface area contributed by atoms with E-state index in [0.717, 1.165) is 64.2 Å². The van der Waals surface area contributed by atoms with Crippen LogP contribution in [0.4, 0.5) is 37.3 Å². The fourth-order valence-electron chi connectivity index (χ4n) is 12.2. The summed E-state index contributed by atoms with van der Waals surface area (Å²) in [5, 5.41) is 3.14. The van der Waals surface area contributed by atoms with Crippen molar-refractivity contribution in [1.29, 1.82) is 0 Å². The van der Waals surface area contributed by atoms with E-state index in [1.54, 1.807) is 25.5 Å². The molecular formula is C57H60BrF2N9O6. The average Bonchev–Trinajstić information content (AvgIpc) is 4.05. The first-order chi connectivity index (χ1) is 35.8. The van der Waals surface area contributed by atoms with E-state index in [1.165, 1.54) is 61.1 Å². The number of benzene rings is 2. The maximum Gasteiger partial charge on any atom is 0.274 e. The van der Waals surface area contributed by atoms with Gasteiger partial charge in [0.25, 0.3) is 17.4 Å². The van der Waals surface area contributed by atoms with Gasteiger partial charge in [0, 0.05) is 92.1 Å². The number of amides is 2. The van der Waals surface area contributed by atoms with E-state index in [9.17, 15) is 28.4 Å². The summed E-state index contributed by atoms with van der Waals surface area (Å²) in [4.78, 5) is 76.8. The van der Waals surface area contributed by atoms with E-state index in [1.807, 2.05) is 24.3 Å². The molecule has 8 heterocycles. The van der Waals surface area contributed by atoms with Gasteiger partial charge in [0.15, 0.2) is 12.6 Å². The summed E-state index contributed by atoms with van der Waals surface area (Å²) in [7, 11) is 1.61. The number of fused-ring (bicyclic) bond motifs is 6. The second-order valence-corrected chi connectivity index (χ2v) is 23.4. The number of anilines is 5. The first-order valence-electron chi connectivity index (χ1n) is 25.6. The normalized spacial score (nSPS) is 19.7. The highest BCUT2D eigenvalue weighted by Gasteiger charge is 2.40. The molecule has 1 N–H and O–H groups in total. The first-order valence-corrected chi connectivity index (χ1v) is 26.4. The molecule has 75 heavy (non-hydrogen) atoms. The number of rotatable bonds is 9. The minimum Gasteiger partial charge on any atom is -0.378 e. The molecule has 2 amide bonds. The molecule has 0 radical (unpaired) electrons. The Morgan fingerprint density at radius 2 is 1.32 bits per heavy atom. The van der Waals surface area contributed by atoms with Gasteiger partial charge in [0.1, 0.15) is 34.5 Å². The molecule has 4 aliphatic heterocycles. The molecule has 0 saturated carbocycles. The number of hydrogen-bond acceptors (Lipinski definition) is 10. The fourth-order valence-corrected chi connectivity index (χ4v) is 12.7. The molecule has 4 aromatic heterocycles. The first kappa shape index (κ1) is 50.4. The van der Waals surface area contributed by atoms with Crippen molar-refractivity contribution in [1.82, 2.24) is 23.6 Å². The molecule has 1 atom stereocenters. The zero-order valence-electron chi connectivity index (χ0n) is 43.0. The highest BCUT2D eigenvalue weighted by Crippen LogP contribution is 2.42. The quantitative estimate of drug-likeness (QED) is 0.140. The maximum atomic E-state index is 15.4. The van der Waals surface area contributed by atoms with Crippen molar-refractivity contribution >= 4 is 68.9 Å². The highest BCUT2D eigenvalue weighted by molar-refractivity contribution is 9.10. The Hall–Kier alpha value is -6.76. The molecule has 6 aromatic rings. The zero-order valence-corrected chi connectivity index (χ0v) is 44.6. The number of nitrogens with zero attached hydrogens (tertiary/aromatic N) is 8. The van der Waals surface area contributed by atoms with Crippen molar-refractivity contribution in [2.24, 2.45) is 17.9 Å². The number of pyridine rings is 2. The maximum absolute atomic E-state index is 15.4. The molecule has 2 aliphatic carbocycles. The molecule has 390 valence electrons. The summed E-state index contributed by atoms with van der Waals surface area (Å²) in [5.74, 6) is -1.03. The number of hydrogen-bond donors (Lipinski definition) is 1. The van der Waals surface area contributed by atoms with E-state index in [2.05, 4.69) is 79.8 Å². The summed E-state index contributed by atoms with van der Waals surface area (Å²) in [6.07, 6.45) is 8.41. The van der Waals surface area contributed by atoms with Crippen LogP contribution in [0.5, 0.6) is 0 Å². The third kappa shape index (κ3) is 9.21. The SMILES string of the molecule is CC1(C)Cc2cc3n(c2C1)CCN(c1cc(F)cc(Br)c1C=O)C3=O.C[C@H]1CN(C2COC2)CCN1c1ccc(Nc2cc(-c3cc(F)cc(N4CCn5c(cc6c5CC(C)(C)C6)C4=O)c3C=O)cn(C)c2=O)nc1. The average molecular weight is 1090 g/mol. The molecule has 18 heteroatoms. The number of halogens is 3. The lowest BCUT2D eigenvalue weighted by Crippen LogP contribution is -2.59. The van der Waals surface area contributed by atoms with Gasteiger partial charge in [-0.25, -0.2) is 13.8 Å². The second kappa shape index (κ2) is 19.1. The summed E-state index contributed by atoms with van der Waals surface area (Å²) >= 11 is 3.21. The van der Waals surface area contributed by atoms with E-state index >= 15 is 4.39 Å². The number of piperazine rings is 1. The van der Waals surface area contributed by atoms with Gasteiger partial charge < -0.3 is 38.5 Å². The van der Waals surface area contributed by atoms with E-state index in [-0.39, 0.29) is 50.7 Å². The van der Waals surface area contributed by atoms with Crippen LogP contribution in [0.1, 0.15) is 98.8 Å². The van der Waals surface area contributed by atoms with Gasteiger partial charge in [-0.3, -0.25) is 28.9 Å². The Morgan fingerprint density at radius 3 is 1.85 bits per heavy atom. The van der Waals surface area contributed by atoms with Crippen molar-refractivity contribution in [3.63, 3.8) is 0 Å². The number of aldehydes is 2. The van der Waals surface area contributed by atoms with Crippen LogP contribution in [-0.4, -0.2) is 106 Å². The van der Waals surface area contributed by atoms with Crippen molar-refractivity contribution in [3.05, 3.63) is 138 Å². The monoisotopic (exact) mass is 1080 g/mol. The second-order valence-electron chi connectivity index (χ2n) is 22.5. The van der Waals surface area contributed by atoms with Crippen LogP contribution >= 0.6 is 15.9 Å². The largest absolute Gasteiger partial charge is 0.378 e. The predicted octanol–water partition coefficient (Wildman–Crippen LogP) is 8.63. The molecule has 12 rings (SSSR count). The molecule has 2 fully saturated rings. The predicted molar refractivity (Wildman–Crippen MR) is 287 cm³/mol. The summed E-state index contributed by atoms with van der Waals surface area (Å²) in [6.45, 7) is 17.5. The number of ether oxygens (including phenoxy) is 1. The Kier molecular flexibility index (Phi) is 12.8. The van der Waals surface area contributed by atoms with Gasteiger partial charge in [-0.15, -0.1) is 0 Å². The molecular weight excluding hydrogens is 1020 g/mol. The number of carbonyl (C=O) groups is 4. The molecule has 0 bridgehead atoms. The van der Waals surface area contributed by atoms with Crippen LogP contribution in [0.25, 0.3) is 11.1 Å². The lowest BCUT2D eigenvalue weighted by atomic mass is 9.90. The molecule has 0 spiro atoms. The van der Waals surface area contributed by atoms with Gasteiger partial charge in [0.05, 0.1) is 48.1 Å². The summed E-state index contributed by atoms with van der Waals surface area (Å²) in [6, 6.07) is 15.2. The molecule has 0 unspecified atom stereocenters. The van der Waals surface area contributed by atoms with Gasteiger partial charge in [0.2, 0.25) is 0 Å². The van der Waals surface area contributed by atoms with Crippen LogP contribution in [-0.2, 0) is 50.6 Å². The Labute approximate surface area is 442 Å². The van der Waals surface area contributed by atoms with Gasteiger partial charge >= 0.3 is 0 Å². The van der Waals surface area contributed by atoms with E-state index < -0.39 is 11.6 Å². The van der Waals surface area contributed by atoms with Crippen LogP contribution in [0.15, 0.2) is 76.3 Å². The van der Waals surface area contributed by atoms with Crippen LogP contribution in [0.3, 0.4) is 0 Å². The fraction of sp³-hybridized carbons (Fsp3) is 0.404. The standard InChI is InChI=1S/C38H42FN7O4.C19H18BrFN2O2/c1-23-18-43(28-21-50-22-28)7-8-44(23)27-5-6-35(40-17-27)41-31-11-25(19-42(4)36(31)48)29-13-26(39)14-32(30(29)20-47)46-10-9-45-33(37(46)49)12-24-15-38(2,3)16-34(24)45;1-19(2)8-11-5-16-18(25)23(4-3-22(16)17(11)9-19)15-7-12(21)6-14(20)13(15)10-24/h5-6,11-14,17,19-20,23,28H,7-10,15-16,18,21-22H2,1-4H3,(H,40,41);5-7,10H,3-4,8-9H2,1-2H3/t23-;/m0./s1. The number of aryl methyl sites for hydroxylation is 1. The minimum absolute atomic E-state index is 0.151. The van der Waals surface area contributed by atoms with Crippen molar-refractivity contribution in [2.45, 2.75) is 85.5 Å². The lowest BCUT2D eigenvalue weighted by molar-refractivity contribution is -0.0691. The van der Waals surface area contributed by atoms with Gasteiger partial charge in [-0.1, -0.05) is 27.7 Å². The van der Waals surface area contributed by atoms with Gasteiger partial charge in [-0.05, 0) is 131 Å². The summed E-state index contributed by atoms with van der Waals surface area (Å²) < 4.78 is 40.5. The van der Waals surface area contributed by atoms with E-state index in [4.69, 9.17) is 4.74 Å². The number of carbonyl (C=O) groups excluding carboxylic acids is 4. The van der Waals surface area contributed by atoms with Crippen LogP contribution < -0.4 is 25.6 Å². The summed E-state index contributed by atoms with van der Waals surface area (Å²) in [5.41, 5.74) is 9.07. The molecule has 2 aromatic carbocycles. The third-order valence-corrected chi connectivity index (χ3v) is 16.6. The lowest BCUT2D eigenvalue weighted by Gasteiger charge is -2.46. The minimum atomic E-state index is -0.588. The van der Waals surface area contributed by atoms with Crippen LogP contribution in [0, 0.1) is 22.5 Å².